The number of carbonyl (C=O) groups excluding carboxylic acids is 2. The van der Waals surface area contributed by atoms with Gasteiger partial charge in [-0.05, 0) is 49.9 Å². The predicted octanol–water partition coefficient (Wildman–Crippen LogP) is 3.92. The van der Waals surface area contributed by atoms with E-state index in [1.165, 1.54) is 31.0 Å². The molecule has 1 aliphatic carbocycles. The van der Waals surface area contributed by atoms with Crippen LogP contribution in [0.4, 0.5) is 5.69 Å². The average molecular weight is 450 g/mol. The number of hydrogen-bond acceptors (Lipinski definition) is 5. The van der Waals surface area contributed by atoms with Gasteiger partial charge in [0.25, 0.3) is 0 Å². The van der Waals surface area contributed by atoms with Crippen LogP contribution < -0.4 is 10.6 Å². The van der Waals surface area contributed by atoms with E-state index in [1.54, 1.807) is 24.3 Å². The molecule has 2 N–H and O–H groups in total. The number of aromatic nitrogens is 3. The number of rotatable bonds is 8. The zero-order valence-corrected chi connectivity index (χ0v) is 18.9. The summed E-state index contributed by atoms with van der Waals surface area (Å²) in [5, 5.41) is 15.6. The van der Waals surface area contributed by atoms with Gasteiger partial charge in [0.05, 0.1) is 12.2 Å². The molecule has 1 saturated carbocycles. The van der Waals surface area contributed by atoms with E-state index in [2.05, 4.69) is 27.8 Å². The second-order valence-electron chi connectivity index (χ2n) is 7.60. The number of carbonyl (C=O) groups is 2. The summed E-state index contributed by atoms with van der Waals surface area (Å²) in [5.74, 6) is 1.23. The quantitative estimate of drug-likeness (QED) is 0.596. The zero-order valence-electron chi connectivity index (χ0n) is 17.4. The zero-order chi connectivity index (χ0) is 21.5. The van der Waals surface area contributed by atoms with Gasteiger partial charge in [-0.15, -0.1) is 10.2 Å². The first-order valence-corrected chi connectivity index (χ1v) is 11.7. The molecular formula is C21H28ClN5O2S. The van der Waals surface area contributed by atoms with Crippen LogP contribution in [-0.2, 0) is 22.6 Å². The summed E-state index contributed by atoms with van der Waals surface area (Å²) in [5.41, 5.74) is 0.676. The summed E-state index contributed by atoms with van der Waals surface area (Å²) in [7, 11) is 0. The smallest absolute Gasteiger partial charge is 0.232 e. The lowest BCUT2D eigenvalue weighted by Gasteiger charge is -2.29. The maximum Gasteiger partial charge on any atom is 0.232 e. The minimum Gasteiger partial charge on any atom is -0.352 e. The van der Waals surface area contributed by atoms with Gasteiger partial charge < -0.3 is 15.2 Å². The van der Waals surface area contributed by atoms with Crippen LogP contribution in [0.25, 0.3) is 0 Å². The fourth-order valence-electron chi connectivity index (χ4n) is 3.67. The molecule has 9 heteroatoms. The standard InChI is InChI=1S/C21H28ClN5O2S/c1-3-27-18(12-19(28)23-16-10-8-15(22)9-11-16)25-26-21(27)30-13-20(29)24-17-7-5-4-6-14(17)2/h8-11,14,17H,3-7,12-13H2,1-2H3,(H,23,28)(H,24,29)/t14-,17+/m0/s1. The Labute approximate surface area is 186 Å². The van der Waals surface area contributed by atoms with Crippen molar-refractivity contribution in [1.29, 1.82) is 0 Å². The summed E-state index contributed by atoms with van der Waals surface area (Å²) in [6, 6.07) is 7.21. The lowest BCUT2D eigenvalue weighted by atomic mass is 9.86. The highest BCUT2D eigenvalue weighted by Gasteiger charge is 2.23. The first-order chi connectivity index (χ1) is 14.5. The fourth-order valence-corrected chi connectivity index (χ4v) is 4.62. The maximum absolute atomic E-state index is 12.4. The highest BCUT2D eigenvalue weighted by atomic mass is 35.5. The Morgan fingerprint density at radius 2 is 1.90 bits per heavy atom. The Kier molecular flexibility index (Phi) is 8.16. The largest absolute Gasteiger partial charge is 0.352 e. The van der Waals surface area contributed by atoms with Crippen molar-refractivity contribution >= 4 is 40.9 Å². The number of amides is 2. The molecule has 7 nitrogen and oxygen atoms in total. The second kappa shape index (κ2) is 10.8. The highest BCUT2D eigenvalue weighted by molar-refractivity contribution is 7.99. The van der Waals surface area contributed by atoms with Gasteiger partial charge in [0.1, 0.15) is 5.82 Å². The van der Waals surface area contributed by atoms with Gasteiger partial charge in [-0.2, -0.15) is 0 Å². The Morgan fingerprint density at radius 1 is 1.17 bits per heavy atom. The van der Waals surface area contributed by atoms with Gasteiger partial charge >= 0.3 is 0 Å². The van der Waals surface area contributed by atoms with Gasteiger partial charge in [0.2, 0.25) is 11.8 Å². The van der Waals surface area contributed by atoms with Gasteiger partial charge in [-0.1, -0.05) is 43.1 Å². The molecule has 2 amide bonds. The fraction of sp³-hybridized carbons (Fsp3) is 0.524. The lowest BCUT2D eigenvalue weighted by Crippen LogP contribution is -2.41. The number of halogens is 1. The van der Waals surface area contributed by atoms with Gasteiger partial charge in [-0.25, -0.2) is 0 Å². The number of thioether (sulfide) groups is 1. The van der Waals surface area contributed by atoms with E-state index in [-0.39, 0.29) is 24.3 Å². The Hall–Kier alpha value is -2.06. The molecular weight excluding hydrogens is 422 g/mol. The topological polar surface area (TPSA) is 88.9 Å². The van der Waals surface area contributed by atoms with Crippen molar-refractivity contribution in [3.63, 3.8) is 0 Å². The SMILES string of the molecule is CCn1c(CC(=O)Nc2ccc(Cl)cc2)nnc1SCC(=O)N[C@@H]1CCCC[C@@H]1C. The molecule has 0 saturated heterocycles. The van der Waals surface area contributed by atoms with Crippen LogP contribution in [0.1, 0.15) is 45.4 Å². The van der Waals surface area contributed by atoms with Crippen LogP contribution in [0.15, 0.2) is 29.4 Å². The molecule has 1 heterocycles. The van der Waals surface area contributed by atoms with E-state index in [0.29, 0.717) is 39.9 Å². The minimum absolute atomic E-state index is 0.0198. The normalized spacial score (nSPS) is 18.8. The molecule has 162 valence electrons. The highest BCUT2D eigenvalue weighted by Crippen LogP contribution is 2.24. The molecule has 0 radical (unpaired) electrons. The van der Waals surface area contributed by atoms with Gasteiger partial charge in [0.15, 0.2) is 5.16 Å². The number of nitrogens with one attached hydrogen (secondary N) is 2. The number of benzene rings is 1. The van der Waals surface area contributed by atoms with Crippen molar-refractivity contribution in [3.05, 3.63) is 35.1 Å². The van der Waals surface area contributed by atoms with E-state index in [0.717, 1.165) is 6.42 Å². The van der Waals surface area contributed by atoms with Crippen LogP contribution in [0, 0.1) is 5.92 Å². The third-order valence-corrected chi connectivity index (χ3v) is 6.57. The molecule has 0 aliphatic heterocycles. The van der Waals surface area contributed by atoms with Crippen LogP contribution in [0.5, 0.6) is 0 Å². The van der Waals surface area contributed by atoms with Crippen LogP contribution >= 0.6 is 23.4 Å². The first-order valence-electron chi connectivity index (χ1n) is 10.4. The third kappa shape index (κ3) is 6.22. The Bertz CT molecular complexity index is 871. The molecule has 1 aliphatic rings. The van der Waals surface area contributed by atoms with Crippen molar-refractivity contribution in [2.75, 3.05) is 11.1 Å². The molecule has 2 aromatic rings. The van der Waals surface area contributed by atoms with Crippen molar-refractivity contribution < 1.29 is 9.59 Å². The predicted molar refractivity (Wildman–Crippen MR) is 120 cm³/mol. The van der Waals surface area contributed by atoms with Gasteiger partial charge in [0, 0.05) is 23.3 Å². The Balaban J connectivity index is 1.53. The molecule has 1 fully saturated rings. The summed E-state index contributed by atoms with van der Waals surface area (Å²) in [6.07, 6.45) is 4.75. The number of hydrogen-bond donors (Lipinski definition) is 2. The molecule has 1 aromatic heterocycles. The monoisotopic (exact) mass is 449 g/mol. The minimum atomic E-state index is -0.181. The summed E-state index contributed by atoms with van der Waals surface area (Å²) in [4.78, 5) is 24.7. The van der Waals surface area contributed by atoms with Gasteiger partial charge in [-0.3, -0.25) is 9.59 Å². The van der Waals surface area contributed by atoms with E-state index >= 15 is 0 Å². The van der Waals surface area contributed by atoms with Crippen molar-refractivity contribution in [2.24, 2.45) is 5.92 Å². The number of nitrogens with zero attached hydrogens (tertiary/aromatic N) is 3. The number of anilines is 1. The second-order valence-corrected chi connectivity index (χ2v) is 8.98. The van der Waals surface area contributed by atoms with Crippen molar-refractivity contribution in [1.82, 2.24) is 20.1 Å². The molecule has 0 unspecified atom stereocenters. The maximum atomic E-state index is 12.4. The van der Waals surface area contributed by atoms with Crippen molar-refractivity contribution in [2.45, 2.75) is 63.7 Å². The molecule has 1 aromatic carbocycles. The molecule has 30 heavy (non-hydrogen) atoms. The average Bonchev–Trinajstić information content (AvgIpc) is 3.11. The van der Waals surface area contributed by atoms with E-state index < -0.39 is 0 Å². The third-order valence-electron chi connectivity index (χ3n) is 5.35. The summed E-state index contributed by atoms with van der Waals surface area (Å²) in [6.45, 7) is 4.80. The van der Waals surface area contributed by atoms with Crippen LogP contribution in [0.3, 0.4) is 0 Å². The van der Waals surface area contributed by atoms with E-state index in [1.807, 2.05) is 11.5 Å². The summed E-state index contributed by atoms with van der Waals surface area (Å²) < 4.78 is 1.88. The first kappa shape index (κ1) is 22.6. The summed E-state index contributed by atoms with van der Waals surface area (Å²) >= 11 is 7.22. The van der Waals surface area contributed by atoms with Crippen LogP contribution in [0.2, 0.25) is 5.02 Å². The van der Waals surface area contributed by atoms with E-state index in [4.69, 9.17) is 11.6 Å². The van der Waals surface area contributed by atoms with E-state index in [9.17, 15) is 9.59 Å². The lowest BCUT2D eigenvalue weighted by molar-refractivity contribution is -0.120. The molecule has 3 rings (SSSR count). The molecule has 0 spiro atoms. The Morgan fingerprint density at radius 3 is 2.60 bits per heavy atom. The van der Waals surface area contributed by atoms with Crippen LogP contribution in [-0.4, -0.2) is 38.4 Å². The molecule has 2 atom stereocenters. The van der Waals surface area contributed by atoms with Crippen molar-refractivity contribution in [3.8, 4) is 0 Å². The molecule has 0 bridgehead atoms.